The van der Waals surface area contributed by atoms with Crippen LogP contribution in [-0.2, 0) is 6.42 Å². The zero-order chi connectivity index (χ0) is 15.1. The first kappa shape index (κ1) is 13.6. The first-order chi connectivity index (χ1) is 9.95. The standard InChI is InChI=1S/C18H19NO2/c1-10(2)4-5-12-7-14-13-6-11(3)17(20)8-15(13)19-16(14)9-18(12)21/h4,6-9,19-21H,5H2,1-3H3. The van der Waals surface area contributed by atoms with Crippen LogP contribution in [0.4, 0.5) is 0 Å². The van der Waals surface area contributed by atoms with Gasteiger partial charge in [-0.05, 0) is 50.5 Å². The number of H-pyrrole nitrogens is 1. The van der Waals surface area contributed by atoms with Crippen molar-refractivity contribution in [2.45, 2.75) is 27.2 Å². The van der Waals surface area contributed by atoms with Crippen LogP contribution in [0.1, 0.15) is 25.0 Å². The molecule has 0 saturated heterocycles. The van der Waals surface area contributed by atoms with Gasteiger partial charge in [0.05, 0.1) is 11.0 Å². The highest BCUT2D eigenvalue weighted by molar-refractivity contribution is 6.08. The van der Waals surface area contributed by atoms with Crippen molar-refractivity contribution in [3.63, 3.8) is 0 Å². The normalized spacial score (nSPS) is 11.2. The van der Waals surface area contributed by atoms with E-state index in [4.69, 9.17) is 0 Å². The summed E-state index contributed by atoms with van der Waals surface area (Å²) in [7, 11) is 0. The predicted octanol–water partition coefficient (Wildman–Crippen LogP) is 4.55. The van der Waals surface area contributed by atoms with Gasteiger partial charge in [0.2, 0.25) is 0 Å². The van der Waals surface area contributed by atoms with E-state index in [2.05, 4.69) is 11.1 Å². The lowest BCUT2D eigenvalue weighted by atomic mass is 10.0. The number of rotatable bonds is 2. The van der Waals surface area contributed by atoms with E-state index in [1.54, 1.807) is 12.1 Å². The second-order valence-corrected chi connectivity index (χ2v) is 5.82. The van der Waals surface area contributed by atoms with Crippen molar-refractivity contribution in [2.24, 2.45) is 0 Å². The highest BCUT2D eigenvalue weighted by Crippen LogP contribution is 2.34. The Hall–Kier alpha value is -2.42. The molecule has 0 unspecified atom stereocenters. The van der Waals surface area contributed by atoms with Crippen LogP contribution in [0.3, 0.4) is 0 Å². The van der Waals surface area contributed by atoms with Crippen LogP contribution >= 0.6 is 0 Å². The SMILES string of the molecule is CC(C)=CCc1cc2c(cc1O)[nH]c1cc(O)c(C)cc12. The van der Waals surface area contributed by atoms with Gasteiger partial charge in [-0.2, -0.15) is 0 Å². The van der Waals surface area contributed by atoms with Crippen LogP contribution in [0.5, 0.6) is 11.5 Å². The summed E-state index contributed by atoms with van der Waals surface area (Å²) in [4.78, 5) is 3.24. The van der Waals surface area contributed by atoms with Crippen LogP contribution in [-0.4, -0.2) is 15.2 Å². The Bertz CT molecular complexity index is 868. The monoisotopic (exact) mass is 281 g/mol. The highest BCUT2D eigenvalue weighted by Gasteiger charge is 2.10. The third-order valence-corrected chi connectivity index (χ3v) is 3.84. The van der Waals surface area contributed by atoms with Gasteiger partial charge < -0.3 is 15.2 Å². The molecule has 0 bridgehead atoms. The molecular weight excluding hydrogens is 262 g/mol. The van der Waals surface area contributed by atoms with E-state index in [9.17, 15) is 10.2 Å². The number of aromatic nitrogens is 1. The second-order valence-electron chi connectivity index (χ2n) is 5.82. The lowest BCUT2D eigenvalue weighted by Crippen LogP contribution is -1.84. The minimum Gasteiger partial charge on any atom is -0.508 e. The predicted molar refractivity (Wildman–Crippen MR) is 87.0 cm³/mol. The first-order valence-corrected chi connectivity index (χ1v) is 7.06. The van der Waals surface area contributed by atoms with E-state index < -0.39 is 0 Å². The summed E-state index contributed by atoms with van der Waals surface area (Å²) in [5, 5.41) is 22.1. The Labute approximate surface area is 123 Å². The fourth-order valence-corrected chi connectivity index (χ4v) is 2.60. The smallest absolute Gasteiger partial charge is 0.121 e. The fourth-order valence-electron chi connectivity index (χ4n) is 2.60. The van der Waals surface area contributed by atoms with Crippen molar-refractivity contribution in [3.8, 4) is 11.5 Å². The number of phenolic OH excluding ortho intramolecular Hbond substituents is 2. The largest absolute Gasteiger partial charge is 0.508 e. The summed E-state index contributed by atoms with van der Waals surface area (Å²) in [5.41, 5.74) is 4.76. The van der Waals surface area contributed by atoms with Crippen molar-refractivity contribution >= 4 is 21.8 Å². The minimum absolute atomic E-state index is 0.281. The van der Waals surface area contributed by atoms with E-state index in [1.807, 2.05) is 32.9 Å². The Balaban J connectivity index is 2.25. The molecule has 0 radical (unpaired) electrons. The molecule has 21 heavy (non-hydrogen) atoms. The molecule has 3 aromatic rings. The van der Waals surface area contributed by atoms with Gasteiger partial charge in [0.15, 0.2) is 0 Å². The molecule has 0 fully saturated rings. The van der Waals surface area contributed by atoms with Crippen molar-refractivity contribution in [3.05, 3.63) is 47.0 Å². The molecule has 0 aliphatic carbocycles. The average Bonchev–Trinajstić information content (AvgIpc) is 2.73. The molecule has 0 aliphatic heterocycles. The van der Waals surface area contributed by atoms with Gasteiger partial charge in [-0.1, -0.05) is 11.6 Å². The molecule has 3 N–H and O–H groups in total. The molecule has 1 aromatic heterocycles. The lowest BCUT2D eigenvalue weighted by Gasteiger charge is -2.03. The maximum atomic E-state index is 10.2. The summed E-state index contributed by atoms with van der Waals surface area (Å²) < 4.78 is 0. The number of fused-ring (bicyclic) bond motifs is 3. The summed E-state index contributed by atoms with van der Waals surface area (Å²) in [6.45, 7) is 5.99. The molecule has 3 rings (SSSR count). The topological polar surface area (TPSA) is 56.2 Å². The molecule has 0 saturated carbocycles. The number of nitrogens with one attached hydrogen (secondary N) is 1. The molecule has 0 aliphatic rings. The molecule has 2 aromatic carbocycles. The fraction of sp³-hybridized carbons (Fsp3) is 0.222. The van der Waals surface area contributed by atoms with Crippen molar-refractivity contribution in [2.75, 3.05) is 0 Å². The number of hydrogen-bond acceptors (Lipinski definition) is 2. The van der Waals surface area contributed by atoms with Crippen molar-refractivity contribution in [1.82, 2.24) is 4.98 Å². The third-order valence-electron chi connectivity index (χ3n) is 3.84. The second kappa shape index (κ2) is 4.85. The van der Waals surface area contributed by atoms with Crippen molar-refractivity contribution < 1.29 is 10.2 Å². The number of allylic oxidation sites excluding steroid dienone is 2. The maximum absolute atomic E-state index is 10.2. The van der Waals surface area contributed by atoms with Gasteiger partial charge in [-0.15, -0.1) is 0 Å². The van der Waals surface area contributed by atoms with Gasteiger partial charge in [0.1, 0.15) is 11.5 Å². The number of benzene rings is 2. The van der Waals surface area contributed by atoms with Crippen LogP contribution in [0.25, 0.3) is 21.8 Å². The first-order valence-electron chi connectivity index (χ1n) is 7.06. The van der Waals surface area contributed by atoms with Crippen LogP contribution < -0.4 is 0 Å². The summed E-state index contributed by atoms with van der Waals surface area (Å²) >= 11 is 0. The average molecular weight is 281 g/mol. The van der Waals surface area contributed by atoms with Crippen molar-refractivity contribution in [1.29, 1.82) is 0 Å². The van der Waals surface area contributed by atoms with E-state index in [0.29, 0.717) is 12.2 Å². The van der Waals surface area contributed by atoms with E-state index >= 15 is 0 Å². The van der Waals surface area contributed by atoms with Crippen LogP contribution in [0.2, 0.25) is 0 Å². The third kappa shape index (κ3) is 2.35. The maximum Gasteiger partial charge on any atom is 0.121 e. The van der Waals surface area contributed by atoms with Gasteiger partial charge >= 0.3 is 0 Å². The number of phenols is 2. The Kier molecular flexibility index (Phi) is 3.13. The molecule has 3 heteroatoms. The molecule has 108 valence electrons. The lowest BCUT2D eigenvalue weighted by molar-refractivity contribution is 0.470. The Morgan fingerprint density at radius 2 is 1.62 bits per heavy atom. The number of aryl methyl sites for hydroxylation is 1. The van der Waals surface area contributed by atoms with Gasteiger partial charge in [0.25, 0.3) is 0 Å². The number of aromatic hydroxyl groups is 2. The zero-order valence-electron chi connectivity index (χ0n) is 12.5. The summed E-state index contributed by atoms with van der Waals surface area (Å²) in [6.07, 6.45) is 2.82. The van der Waals surface area contributed by atoms with Crippen LogP contribution in [0.15, 0.2) is 35.9 Å². The number of hydrogen-bond donors (Lipinski definition) is 3. The van der Waals surface area contributed by atoms with E-state index in [-0.39, 0.29) is 5.75 Å². The van der Waals surface area contributed by atoms with E-state index in [1.165, 1.54) is 5.57 Å². The highest BCUT2D eigenvalue weighted by atomic mass is 16.3. The number of aromatic amines is 1. The quantitative estimate of drug-likeness (QED) is 0.603. The zero-order valence-corrected chi connectivity index (χ0v) is 12.5. The van der Waals surface area contributed by atoms with Crippen LogP contribution in [0, 0.1) is 6.92 Å². The van der Waals surface area contributed by atoms with Gasteiger partial charge in [-0.25, -0.2) is 0 Å². The molecule has 0 atom stereocenters. The molecule has 3 nitrogen and oxygen atoms in total. The van der Waals surface area contributed by atoms with E-state index in [0.717, 1.165) is 32.9 Å². The molecule has 1 heterocycles. The molecule has 0 amide bonds. The summed E-state index contributed by atoms with van der Waals surface area (Å²) in [6, 6.07) is 7.50. The summed E-state index contributed by atoms with van der Waals surface area (Å²) in [5.74, 6) is 0.579. The van der Waals surface area contributed by atoms with Gasteiger partial charge in [-0.3, -0.25) is 0 Å². The molecular formula is C18H19NO2. The Morgan fingerprint density at radius 3 is 2.29 bits per heavy atom. The van der Waals surface area contributed by atoms with Gasteiger partial charge in [0, 0.05) is 22.9 Å². The minimum atomic E-state index is 0.281. The molecule has 0 spiro atoms. The Morgan fingerprint density at radius 1 is 1.00 bits per heavy atom.